The van der Waals surface area contributed by atoms with Gasteiger partial charge in [-0.3, -0.25) is 4.79 Å². The van der Waals surface area contributed by atoms with Gasteiger partial charge in [-0.25, -0.2) is 13.2 Å². The van der Waals surface area contributed by atoms with Crippen LogP contribution in [0.1, 0.15) is 15.2 Å². The van der Waals surface area contributed by atoms with E-state index in [1.165, 1.54) is 0 Å². The fraction of sp³-hybridized carbons (Fsp3) is 0. The number of nitrogens with zero attached hydrogens (tertiary/aromatic N) is 2. The topological polar surface area (TPSA) is 42.9 Å². The van der Waals surface area contributed by atoms with Crippen molar-refractivity contribution in [3.8, 4) is 0 Å². The van der Waals surface area contributed by atoms with E-state index in [0.29, 0.717) is 6.07 Å². The molecule has 0 saturated carbocycles. The highest BCUT2D eigenvalue weighted by Crippen LogP contribution is 2.19. The number of carbonyl (C=O) groups excluding carboxylic acids is 1. The smallest absolute Gasteiger partial charge is 0.209 e. The van der Waals surface area contributed by atoms with E-state index < -0.39 is 28.8 Å². The van der Waals surface area contributed by atoms with Gasteiger partial charge in [-0.2, -0.15) is 0 Å². The molecule has 0 spiro atoms. The van der Waals surface area contributed by atoms with Crippen LogP contribution >= 0.6 is 11.5 Å². The van der Waals surface area contributed by atoms with Crippen LogP contribution < -0.4 is 0 Å². The first-order chi connectivity index (χ1) is 7.61. The summed E-state index contributed by atoms with van der Waals surface area (Å²) in [5, 5.41) is 3.40. The molecule has 1 aromatic heterocycles. The SMILES string of the molecule is O=C(c1cnns1)c1ccc(F)c(F)c1F. The molecular weight excluding hydrogens is 241 g/mol. The molecule has 2 aromatic rings. The van der Waals surface area contributed by atoms with Gasteiger partial charge in [0, 0.05) is 0 Å². The van der Waals surface area contributed by atoms with Crippen molar-refractivity contribution in [2.75, 3.05) is 0 Å². The number of halogens is 3. The van der Waals surface area contributed by atoms with Crippen molar-refractivity contribution < 1.29 is 18.0 Å². The summed E-state index contributed by atoms with van der Waals surface area (Å²) in [6, 6.07) is 1.58. The lowest BCUT2D eigenvalue weighted by Crippen LogP contribution is -2.05. The van der Waals surface area contributed by atoms with E-state index in [1.54, 1.807) is 0 Å². The van der Waals surface area contributed by atoms with E-state index in [9.17, 15) is 18.0 Å². The molecule has 0 fully saturated rings. The fourth-order valence-corrected chi connectivity index (χ4v) is 1.57. The first kappa shape index (κ1) is 10.7. The molecule has 0 amide bonds. The number of aromatic nitrogens is 2. The van der Waals surface area contributed by atoms with Gasteiger partial charge in [-0.15, -0.1) is 5.10 Å². The molecule has 7 heteroatoms. The van der Waals surface area contributed by atoms with Crippen LogP contribution in [0, 0.1) is 17.5 Å². The van der Waals surface area contributed by atoms with Crippen LogP contribution in [0.15, 0.2) is 18.3 Å². The van der Waals surface area contributed by atoms with Crippen molar-refractivity contribution in [1.29, 1.82) is 0 Å². The summed E-state index contributed by atoms with van der Waals surface area (Å²) in [6.07, 6.45) is 1.13. The van der Waals surface area contributed by atoms with E-state index >= 15 is 0 Å². The molecule has 0 atom stereocenters. The zero-order chi connectivity index (χ0) is 11.7. The Labute approximate surface area is 91.7 Å². The Hall–Kier alpha value is -1.76. The molecule has 1 heterocycles. The van der Waals surface area contributed by atoms with Crippen LogP contribution in [0.25, 0.3) is 0 Å². The Balaban J connectivity index is 2.50. The molecule has 1 aromatic carbocycles. The van der Waals surface area contributed by atoms with Crippen molar-refractivity contribution in [1.82, 2.24) is 9.59 Å². The van der Waals surface area contributed by atoms with Crippen LogP contribution in [0.3, 0.4) is 0 Å². The molecule has 16 heavy (non-hydrogen) atoms. The molecule has 0 bridgehead atoms. The molecule has 0 unspecified atom stereocenters. The van der Waals surface area contributed by atoms with Gasteiger partial charge in [0.25, 0.3) is 0 Å². The third-order valence-corrected chi connectivity index (χ3v) is 2.53. The van der Waals surface area contributed by atoms with Gasteiger partial charge in [0.2, 0.25) is 5.78 Å². The minimum atomic E-state index is -1.66. The molecular formula is C9H3F3N2OS. The lowest BCUT2D eigenvalue weighted by molar-refractivity contribution is 0.103. The van der Waals surface area contributed by atoms with Crippen LogP contribution in [0.4, 0.5) is 13.2 Å². The fourth-order valence-electron chi connectivity index (χ4n) is 1.10. The maximum Gasteiger partial charge on any atom is 0.209 e. The standard InChI is InChI=1S/C9H3F3N2OS/c10-5-2-1-4(7(11)8(5)12)9(15)6-3-13-14-16-6/h1-3H. The van der Waals surface area contributed by atoms with Gasteiger partial charge in [0.15, 0.2) is 17.5 Å². The zero-order valence-corrected chi connectivity index (χ0v) is 8.39. The molecule has 2 rings (SSSR count). The summed E-state index contributed by atoms with van der Waals surface area (Å²) >= 11 is 0.751. The predicted molar refractivity (Wildman–Crippen MR) is 49.7 cm³/mol. The largest absolute Gasteiger partial charge is 0.287 e. The second-order valence-corrected chi connectivity index (χ2v) is 3.62. The summed E-state index contributed by atoms with van der Waals surface area (Å²) in [5.41, 5.74) is -0.537. The van der Waals surface area contributed by atoms with E-state index in [0.717, 1.165) is 23.8 Å². The number of hydrogen-bond acceptors (Lipinski definition) is 4. The van der Waals surface area contributed by atoms with Crippen LogP contribution in [0.2, 0.25) is 0 Å². The number of carbonyl (C=O) groups is 1. The molecule has 0 saturated heterocycles. The number of rotatable bonds is 2. The third-order valence-electron chi connectivity index (χ3n) is 1.86. The van der Waals surface area contributed by atoms with Crippen molar-refractivity contribution in [2.24, 2.45) is 0 Å². The van der Waals surface area contributed by atoms with Crippen LogP contribution in [-0.2, 0) is 0 Å². The summed E-state index contributed by atoms with van der Waals surface area (Å²) in [6.45, 7) is 0. The first-order valence-corrected chi connectivity index (χ1v) is 4.84. The van der Waals surface area contributed by atoms with E-state index in [4.69, 9.17) is 0 Å². The maximum atomic E-state index is 13.2. The summed E-state index contributed by atoms with van der Waals surface area (Å²) < 4.78 is 42.1. The Morgan fingerprint density at radius 3 is 2.56 bits per heavy atom. The normalized spacial score (nSPS) is 10.4. The average Bonchev–Trinajstić information content (AvgIpc) is 2.79. The molecule has 0 aliphatic carbocycles. The van der Waals surface area contributed by atoms with E-state index in [-0.39, 0.29) is 4.88 Å². The highest BCUT2D eigenvalue weighted by atomic mass is 32.1. The number of benzene rings is 1. The maximum absolute atomic E-state index is 13.2. The van der Waals surface area contributed by atoms with Gasteiger partial charge >= 0.3 is 0 Å². The van der Waals surface area contributed by atoms with Gasteiger partial charge in [0.05, 0.1) is 11.8 Å². The van der Waals surface area contributed by atoms with Crippen molar-refractivity contribution in [2.45, 2.75) is 0 Å². The number of ketones is 1. The van der Waals surface area contributed by atoms with Gasteiger partial charge in [-0.1, -0.05) is 4.49 Å². The van der Waals surface area contributed by atoms with Crippen molar-refractivity contribution in [3.05, 3.63) is 46.2 Å². The average molecular weight is 244 g/mol. The first-order valence-electron chi connectivity index (χ1n) is 4.07. The van der Waals surface area contributed by atoms with Gasteiger partial charge < -0.3 is 0 Å². The lowest BCUT2D eigenvalue weighted by Gasteiger charge is -2.01. The Morgan fingerprint density at radius 1 is 1.19 bits per heavy atom. The molecule has 3 nitrogen and oxygen atoms in total. The van der Waals surface area contributed by atoms with E-state index in [2.05, 4.69) is 9.59 Å². The van der Waals surface area contributed by atoms with Gasteiger partial charge in [-0.05, 0) is 23.7 Å². The van der Waals surface area contributed by atoms with E-state index in [1.807, 2.05) is 0 Å². The summed E-state index contributed by atoms with van der Waals surface area (Å²) in [4.78, 5) is 11.7. The minimum absolute atomic E-state index is 0.0601. The molecule has 82 valence electrons. The number of hydrogen-bond donors (Lipinski definition) is 0. The van der Waals surface area contributed by atoms with Crippen molar-refractivity contribution >= 4 is 17.3 Å². The van der Waals surface area contributed by atoms with Crippen LogP contribution in [-0.4, -0.2) is 15.4 Å². The Kier molecular flexibility index (Phi) is 2.69. The molecule has 0 aliphatic heterocycles. The van der Waals surface area contributed by atoms with Crippen LogP contribution in [0.5, 0.6) is 0 Å². The summed E-state index contributed by atoms with van der Waals surface area (Å²) in [5.74, 6) is -5.27. The highest BCUT2D eigenvalue weighted by Gasteiger charge is 2.21. The quantitative estimate of drug-likeness (QED) is 0.600. The summed E-state index contributed by atoms with van der Waals surface area (Å²) in [7, 11) is 0. The second kappa shape index (κ2) is 4.01. The predicted octanol–water partition coefficient (Wildman–Crippen LogP) is 2.19. The lowest BCUT2D eigenvalue weighted by atomic mass is 10.1. The monoisotopic (exact) mass is 244 g/mol. The Morgan fingerprint density at radius 2 is 1.94 bits per heavy atom. The van der Waals surface area contributed by atoms with Gasteiger partial charge in [0.1, 0.15) is 4.88 Å². The zero-order valence-electron chi connectivity index (χ0n) is 7.58. The highest BCUT2D eigenvalue weighted by molar-refractivity contribution is 7.08. The Bertz CT molecular complexity index is 542. The van der Waals surface area contributed by atoms with Crippen molar-refractivity contribution in [3.63, 3.8) is 0 Å². The minimum Gasteiger partial charge on any atom is -0.287 e. The third kappa shape index (κ3) is 1.69. The molecule has 0 radical (unpaired) electrons. The molecule has 0 aliphatic rings. The second-order valence-electron chi connectivity index (χ2n) is 2.83. The molecule has 0 N–H and O–H groups in total.